The third-order valence-electron chi connectivity index (χ3n) is 4.80. The Kier molecular flexibility index (Phi) is 5.48. The third-order valence-corrected chi connectivity index (χ3v) is 4.80. The zero-order chi connectivity index (χ0) is 17.8. The van der Waals surface area contributed by atoms with Gasteiger partial charge in [-0.15, -0.1) is 0 Å². The number of H-pyrrole nitrogens is 1. The summed E-state index contributed by atoms with van der Waals surface area (Å²) < 4.78 is 5.09. The summed E-state index contributed by atoms with van der Waals surface area (Å²) in [5.41, 5.74) is 3.44. The molecule has 2 aromatic rings. The van der Waals surface area contributed by atoms with Gasteiger partial charge in [0.05, 0.1) is 12.5 Å². The largest absolute Gasteiger partial charge is 0.377 e. The Hall–Kier alpha value is -2.21. The van der Waals surface area contributed by atoms with Crippen molar-refractivity contribution in [2.45, 2.75) is 52.2 Å². The maximum Gasteiger partial charge on any atom is 0.227 e. The van der Waals surface area contributed by atoms with Crippen LogP contribution in [0.3, 0.4) is 0 Å². The molecule has 0 radical (unpaired) electrons. The molecular formula is C19H26N4O2. The minimum atomic E-state index is -0.0479. The van der Waals surface area contributed by atoms with Crippen LogP contribution in [0.25, 0.3) is 0 Å². The number of nitrogens with one attached hydrogen (secondary N) is 1. The van der Waals surface area contributed by atoms with Crippen molar-refractivity contribution < 1.29 is 9.53 Å². The Balaban J connectivity index is 1.77. The number of nitrogens with zero attached hydrogens (tertiary/aromatic N) is 3. The number of hydrogen-bond donors (Lipinski definition) is 1. The summed E-state index contributed by atoms with van der Waals surface area (Å²) in [5, 5.41) is 7.23. The van der Waals surface area contributed by atoms with Crippen LogP contribution < -0.4 is 0 Å². The van der Waals surface area contributed by atoms with Gasteiger partial charge in [-0.1, -0.05) is 23.8 Å². The molecule has 0 saturated carbocycles. The molecule has 25 heavy (non-hydrogen) atoms. The number of carbonyl (C=O) groups excluding carboxylic acids is 1. The molecule has 0 aliphatic carbocycles. The summed E-state index contributed by atoms with van der Waals surface area (Å²) in [6.45, 7) is 5.28. The second-order valence-corrected chi connectivity index (χ2v) is 6.78. The quantitative estimate of drug-likeness (QED) is 0.907. The van der Waals surface area contributed by atoms with Crippen LogP contribution in [-0.2, 0) is 22.6 Å². The summed E-state index contributed by atoms with van der Waals surface area (Å²) in [5.74, 6) is 1.54. The van der Waals surface area contributed by atoms with Crippen molar-refractivity contribution in [1.29, 1.82) is 0 Å². The van der Waals surface area contributed by atoms with Crippen molar-refractivity contribution in [2.24, 2.45) is 0 Å². The molecule has 1 aromatic carbocycles. The Morgan fingerprint density at radius 1 is 1.36 bits per heavy atom. The molecule has 134 valence electrons. The molecule has 0 bridgehead atoms. The van der Waals surface area contributed by atoms with Crippen molar-refractivity contribution >= 4 is 5.91 Å². The highest BCUT2D eigenvalue weighted by Crippen LogP contribution is 2.29. The number of methoxy groups -OCH3 is 1. The van der Waals surface area contributed by atoms with Gasteiger partial charge in [0.2, 0.25) is 5.91 Å². The fourth-order valence-corrected chi connectivity index (χ4v) is 3.41. The van der Waals surface area contributed by atoms with Gasteiger partial charge in [-0.2, -0.15) is 5.10 Å². The number of rotatable bonds is 5. The van der Waals surface area contributed by atoms with Gasteiger partial charge < -0.3 is 9.64 Å². The van der Waals surface area contributed by atoms with Crippen LogP contribution in [0.2, 0.25) is 0 Å². The first-order valence-corrected chi connectivity index (χ1v) is 8.84. The van der Waals surface area contributed by atoms with Crippen LogP contribution in [0.4, 0.5) is 0 Å². The average Bonchev–Trinajstić information content (AvgIpc) is 3.07. The van der Waals surface area contributed by atoms with E-state index in [1.807, 2.05) is 4.90 Å². The van der Waals surface area contributed by atoms with Crippen LogP contribution in [0, 0.1) is 13.8 Å². The fourth-order valence-electron chi connectivity index (χ4n) is 3.41. The normalized spacial score (nSPS) is 17.7. The lowest BCUT2D eigenvalue weighted by Crippen LogP contribution is -2.40. The predicted octanol–water partition coefficient (Wildman–Crippen LogP) is 2.86. The second-order valence-electron chi connectivity index (χ2n) is 6.78. The summed E-state index contributed by atoms with van der Waals surface area (Å²) in [6.07, 6.45) is 3.46. The second kappa shape index (κ2) is 7.78. The smallest absolute Gasteiger partial charge is 0.227 e. The number of aryl methyl sites for hydroxylation is 2. The van der Waals surface area contributed by atoms with Crippen LogP contribution in [0.5, 0.6) is 0 Å². The molecule has 6 nitrogen and oxygen atoms in total. The molecule has 2 heterocycles. The third kappa shape index (κ3) is 4.07. The molecule has 1 aliphatic rings. The lowest BCUT2D eigenvalue weighted by atomic mass is 9.98. The van der Waals surface area contributed by atoms with E-state index in [0.717, 1.165) is 36.9 Å². The first kappa shape index (κ1) is 17.6. The highest BCUT2D eigenvalue weighted by molar-refractivity contribution is 5.79. The summed E-state index contributed by atoms with van der Waals surface area (Å²) in [6, 6.07) is 6.22. The highest BCUT2D eigenvalue weighted by atomic mass is 16.5. The van der Waals surface area contributed by atoms with E-state index < -0.39 is 0 Å². The molecule has 1 N–H and O–H groups in total. The van der Waals surface area contributed by atoms with Gasteiger partial charge in [0.1, 0.15) is 6.61 Å². The molecule has 1 fully saturated rings. The lowest BCUT2D eigenvalue weighted by molar-refractivity contribution is -0.134. The first-order valence-electron chi connectivity index (χ1n) is 8.84. The van der Waals surface area contributed by atoms with Crippen LogP contribution >= 0.6 is 0 Å². The Morgan fingerprint density at radius 3 is 3.00 bits per heavy atom. The molecule has 1 saturated heterocycles. The lowest BCUT2D eigenvalue weighted by Gasteiger charge is -2.34. The number of amides is 1. The van der Waals surface area contributed by atoms with Crippen molar-refractivity contribution in [3.63, 3.8) is 0 Å². The Bertz CT molecular complexity index is 741. The molecule has 1 aliphatic heterocycles. The number of benzene rings is 1. The molecule has 3 rings (SSSR count). The van der Waals surface area contributed by atoms with Gasteiger partial charge in [-0.05, 0) is 44.2 Å². The molecular weight excluding hydrogens is 316 g/mol. The topological polar surface area (TPSA) is 71.1 Å². The molecule has 1 atom stereocenters. The van der Waals surface area contributed by atoms with Crippen LogP contribution in [0.1, 0.15) is 53.6 Å². The molecule has 0 unspecified atom stereocenters. The van der Waals surface area contributed by atoms with Crippen molar-refractivity contribution in [2.75, 3.05) is 13.7 Å². The summed E-state index contributed by atoms with van der Waals surface area (Å²) >= 11 is 0. The highest BCUT2D eigenvalue weighted by Gasteiger charge is 2.30. The zero-order valence-electron chi connectivity index (χ0n) is 15.2. The molecule has 1 amide bonds. The van der Waals surface area contributed by atoms with Gasteiger partial charge in [-0.3, -0.25) is 9.89 Å². The Morgan fingerprint density at radius 2 is 2.20 bits per heavy atom. The number of piperidine rings is 1. The van der Waals surface area contributed by atoms with Crippen molar-refractivity contribution in [3.05, 3.63) is 46.5 Å². The average molecular weight is 342 g/mol. The van der Waals surface area contributed by atoms with Crippen molar-refractivity contribution in [1.82, 2.24) is 20.1 Å². The van der Waals surface area contributed by atoms with Gasteiger partial charge in [0.15, 0.2) is 11.6 Å². The van der Waals surface area contributed by atoms with E-state index in [1.165, 1.54) is 5.56 Å². The van der Waals surface area contributed by atoms with Crippen molar-refractivity contribution in [3.8, 4) is 0 Å². The SMILES string of the molecule is COCc1nc([C@H]2CCCCN2C(=O)Cc2cc(C)ccc2C)n[nH]1. The van der Waals surface area contributed by atoms with Crippen LogP contribution in [-0.4, -0.2) is 39.6 Å². The van der Waals surface area contributed by atoms with E-state index in [9.17, 15) is 4.79 Å². The molecule has 6 heteroatoms. The van der Waals surface area contributed by atoms with Gasteiger partial charge >= 0.3 is 0 Å². The first-order chi connectivity index (χ1) is 12.1. The van der Waals surface area contributed by atoms with E-state index >= 15 is 0 Å². The summed E-state index contributed by atoms with van der Waals surface area (Å²) in [4.78, 5) is 19.4. The number of aromatic amines is 1. The zero-order valence-corrected chi connectivity index (χ0v) is 15.2. The predicted molar refractivity (Wildman–Crippen MR) is 95.0 cm³/mol. The minimum absolute atomic E-state index is 0.0479. The number of carbonyl (C=O) groups is 1. The molecule has 1 aromatic heterocycles. The monoisotopic (exact) mass is 342 g/mol. The maximum atomic E-state index is 13.0. The van der Waals surface area contributed by atoms with Gasteiger partial charge in [0, 0.05) is 13.7 Å². The standard InChI is InChI=1S/C19H26N4O2/c1-13-7-8-14(2)15(10-13)11-18(24)23-9-5-4-6-16(23)19-20-17(12-25-3)21-22-19/h7-8,10,16H,4-6,9,11-12H2,1-3H3,(H,20,21,22)/t16-/m1/s1. The van der Waals surface area contributed by atoms with Gasteiger partial charge in [-0.25, -0.2) is 4.98 Å². The minimum Gasteiger partial charge on any atom is -0.377 e. The number of likely N-dealkylation sites (tertiary alicyclic amines) is 1. The fraction of sp³-hybridized carbons (Fsp3) is 0.526. The van der Waals surface area contributed by atoms with E-state index in [0.29, 0.717) is 24.7 Å². The van der Waals surface area contributed by atoms with E-state index in [2.05, 4.69) is 47.2 Å². The van der Waals surface area contributed by atoms with E-state index in [4.69, 9.17) is 4.74 Å². The van der Waals surface area contributed by atoms with E-state index in [-0.39, 0.29) is 11.9 Å². The number of ether oxygens (including phenoxy) is 1. The van der Waals surface area contributed by atoms with E-state index in [1.54, 1.807) is 7.11 Å². The number of aromatic nitrogens is 3. The summed E-state index contributed by atoms with van der Waals surface area (Å²) in [7, 11) is 1.63. The number of hydrogen-bond acceptors (Lipinski definition) is 4. The maximum absolute atomic E-state index is 13.0. The molecule has 0 spiro atoms. The Labute approximate surface area is 148 Å². The van der Waals surface area contributed by atoms with Crippen LogP contribution in [0.15, 0.2) is 18.2 Å². The van der Waals surface area contributed by atoms with Gasteiger partial charge in [0.25, 0.3) is 0 Å².